The van der Waals surface area contributed by atoms with Crippen LogP contribution in [0.15, 0.2) is 24.4 Å². The third-order valence-electron chi connectivity index (χ3n) is 9.66. The van der Waals surface area contributed by atoms with E-state index in [9.17, 15) is 4.79 Å². The van der Waals surface area contributed by atoms with Crippen LogP contribution in [0.4, 0.5) is 17.6 Å². The predicted octanol–water partition coefficient (Wildman–Crippen LogP) is 3.24. The number of hydrogen-bond donors (Lipinski definition) is 1. The summed E-state index contributed by atoms with van der Waals surface area (Å²) in [5, 5.41) is 4.39. The van der Waals surface area contributed by atoms with Crippen molar-refractivity contribution in [3.05, 3.63) is 41.3 Å². The lowest BCUT2D eigenvalue weighted by atomic mass is 10.0. The summed E-state index contributed by atoms with van der Waals surface area (Å²) in [6, 6.07) is 7.32. The Balaban J connectivity index is 1.05. The van der Waals surface area contributed by atoms with Crippen molar-refractivity contribution in [2.75, 3.05) is 50.1 Å². The van der Waals surface area contributed by atoms with Crippen molar-refractivity contribution in [2.24, 2.45) is 5.92 Å². The lowest BCUT2D eigenvalue weighted by Crippen LogP contribution is -2.40. The van der Waals surface area contributed by atoms with Gasteiger partial charge in [0.25, 0.3) is 0 Å². The van der Waals surface area contributed by atoms with E-state index in [1.165, 1.54) is 25.7 Å². The van der Waals surface area contributed by atoms with Crippen LogP contribution in [-0.2, 0) is 22.5 Å². The van der Waals surface area contributed by atoms with E-state index in [4.69, 9.17) is 19.7 Å². The lowest BCUT2D eigenvalue weighted by Gasteiger charge is -2.30. The Morgan fingerprint density at radius 2 is 1.85 bits per heavy atom. The molecule has 4 saturated heterocycles. The fourth-order valence-corrected chi connectivity index (χ4v) is 7.34. The number of nitrogens with one attached hydrogen (secondary N) is 1. The van der Waals surface area contributed by atoms with Gasteiger partial charge >= 0.3 is 0 Å². The second-order valence-electron chi connectivity index (χ2n) is 12.3. The van der Waals surface area contributed by atoms with E-state index in [2.05, 4.69) is 39.3 Å². The maximum absolute atomic E-state index is 13.1. The van der Waals surface area contributed by atoms with Crippen molar-refractivity contribution in [1.82, 2.24) is 29.7 Å². The normalized spacial score (nSPS) is 26.4. The highest BCUT2D eigenvalue weighted by atomic mass is 16.5. The molecule has 10 heteroatoms. The van der Waals surface area contributed by atoms with Crippen molar-refractivity contribution in [3.63, 3.8) is 0 Å². The van der Waals surface area contributed by atoms with Gasteiger partial charge in [-0.2, -0.15) is 0 Å². The quantitative estimate of drug-likeness (QED) is 0.523. The molecule has 10 nitrogen and oxygen atoms in total. The molecule has 8 rings (SSSR count). The highest BCUT2D eigenvalue weighted by Crippen LogP contribution is 2.43. The number of likely N-dealkylation sites (tertiary alicyclic amines) is 1. The molecule has 2 bridgehead atoms. The first-order valence-corrected chi connectivity index (χ1v) is 14.9. The molecule has 208 valence electrons. The van der Waals surface area contributed by atoms with Crippen molar-refractivity contribution in [1.29, 1.82) is 0 Å². The molecule has 8 heterocycles. The average Bonchev–Trinajstić information content (AvgIpc) is 3.67. The molecule has 5 aliphatic rings. The minimum Gasteiger partial charge on any atom is -0.380 e. The van der Waals surface area contributed by atoms with Gasteiger partial charge in [-0.15, -0.1) is 0 Å². The first-order valence-electron chi connectivity index (χ1n) is 14.9. The number of aromatic nitrogens is 4. The van der Waals surface area contributed by atoms with Gasteiger partial charge in [-0.3, -0.25) is 4.79 Å². The van der Waals surface area contributed by atoms with Gasteiger partial charge in [-0.05, 0) is 63.4 Å². The van der Waals surface area contributed by atoms with E-state index in [-0.39, 0.29) is 11.8 Å². The Labute approximate surface area is 234 Å². The highest BCUT2D eigenvalue weighted by Gasteiger charge is 2.41. The van der Waals surface area contributed by atoms with E-state index in [0.29, 0.717) is 30.5 Å². The first-order chi connectivity index (χ1) is 19.6. The van der Waals surface area contributed by atoms with E-state index in [1.807, 2.05) is 17.2 Å². The summed E-state index contributed by atoms with van der Waals surface area (Å²) >= 11 is 0. The Hall–Kier alpha value is -3.37. The molecule has 0 unspecified atom stereocenters. The number of hydrogen-bond acceptors (Lipinski definition) is 9. The molecule has 1 amide bonds. The summed E-state index contributed by atoms with van der Waals surface area (Å²) in [5.41, 5.74) is 4.17. The molecular weight excluding hydrogens is 504 g/mol. The summed E-state index contributed by atoms with van der Waals surface area (Å²) < 4.78 is 5.47. The van der Waals surface area contributed by atoms with Gasteiger partial charge in [0, 0.05) is 61.3 Å². The summed E-state index contributed by atoms with van der Waals surface area (Å²) in [6.07, 6.45) is 8.58. The number of rotatable bonds is 5. The number of nitrogens with zero attached hydrogens (tertiary/aromatic N) is 7. The predicted molar refractivity (Wildman–Crippen MR) is 152 cm³/mol. The van der Waals surface area contributed by atoms with Gasteiger partial charge in [0.05, 0.1) is 24.8 Å². The van der Waals surface area contributed by atoms with Crippen LogP contribution >= 0.6 is 0 Å². The van der Waals surface area contributed by atoms with Gasteiger partial charge in [0.15, 0.2) is 5.82 Å². The molecule has 1 N–H and O–H groups in total. The Morgan fingerprint density at radius 3 is 2.58 bits per heavy atom. The Morgan fingerprint density at radius 1 is 1.02 bits per heavy atom. The molecule has 0 aromatic carbocycles. The van der Waals surface area contributed by atoms with Crippen LogP contribution in [0.1, 0.15) is 55.0 Å². The SMILES string of the molecule is CN1CC[C@H](C(=O)N2CCc3nc(Nc4ncc5cc(C6COC6)nc(N6C7CCC6CC7)c5n4)ccc3C2)C1. The molecule has 1 atom stereocenters. The monoisotopic (exact) mass is 540 g/mol. The van der Waals surface area contributed by atoms with Gasteiger partial charge in [-0.1, -0.05) is 6.07 Å². The molecule has 40 heavy (non-hydrogen) atoms. The standard InChI is InChI=1S/C30H36N8O2/c1-36-10-8-19(14-36)29(39)37-11-9-24-18(15-37)2-7-26(32-24)34-30-31-13-20-12-25(21-16-40-17-21)33-28(27(20)35-30)38-22-3-4-23(38)6-5-22/h2,7,12-13,19,21-23H,3-6,8-11,14-17H2,1H3,(H,31,32,34,35)/t19-,22?,23?/m0/s1. The lowest BCUT2D eigenvalue weighted by molar-refractivity contribution is -0.136. The number of anilines is 3. The molecule has 0 aliphatic carbocycles. The van der Waals surface area contributed by atoms with Gasteiger partial charge in [0.2, 0.25) is 11.9 Å². The largest absolute Gasteiger partial charge is 0.380 e. The minimum absolute atomic E-state index is 0.124. The molecule has 3 aromatic rings. The number of carbonyl (C=O) groups is 1. The fourth-order valence-electron chi connectivity index (χ4n) is 7.34. The zero-order chi connectivity index (χ0) is 26.8. The zero-order valence-electron chi connectivity index (χ0n) is 23.1. The first kappa shape index (κ1) is 24.4. The highest BCUT2D eigenvalue weighted by molar-refractivity contribution is 5.90. The topological polar surface area (TPSA) is 99.6 Å². The van der Waals surface area contributed by atoms with Crippen LogP contribution < -0.4 is 10.2 Å². The Kier molecular flexibility index (Phi) is 5.88. The molecule has 4 fully saturated rings. The molecule has 0 saturated carbocycles. The Bertz CT molecular complexity index is 1460. The smallest absolute Gasteiger partial charge is 0.229 e. The van der Waals surface area contributed by atoms with Crippen LogP contribution in [0.25, 0.3) is 10.9 Å². The molecular formula is C30H36N8O2. The zero-order valence-corrected chi connectivity index (χ0v) is 23.1. The van der Waals surface area contributed by atoms with Crippen molar-refractivity contribution in [2.45, 2.75) is 63.1 Å². The number of pyridine rings is 2. The van der Waals surface area contributed by atoms with Gasteiger partial charge in [-0.25, -0.2) is 19.9 Å². The second kappa shape index (κ2) is 9.62. The maximum Gasteiger partial charge on any atom is 0.229 e. The second-order valence-corrected chi connectivity index (χ2v) is 12.3. The van der Waals surface area contributed by atoms with Crippen LogP contribution in [0.2, 0.25) is 0 Å². The van der Waals surface area contributed by atoms with Crippen LogP contribution in [-0.4, -0.2) is 87.6 Å². The number of fused-ring (bicyclic) bond motifs is 4. The van der Waals surface area contributed by atoms with Gasteiger partial charge < -0.3 is 24.8 Å². The van der Waals surface area contributed by atoms with E-state index in [0.717, 1.165) is 85.2 Å². The van der Waals surface area contributed by atoms with Crippen molar-refractivity contribution >= 4 is 34.4 Å². The summed E-state index contributed by atoms with van der Waals surface area (Å²) in [7, 11) is 2.09. The molecule has 3 aromatic heterocycles. The maximum atomic E-state index is 13.1. The fraction of sp³-hybridized carbons (Fsp3) is 0.567. The minimum atomic E-state index is 0.124. The van der Waals surface area contributed by atoms with E-state index < -0.39 is 0 Å². The average molecular weight is 541 g/mol. The van der Waals surface area contributed by atoms with Crippen LogP contribution in [0.5, 0.6) is 0 Å². The summed E-state index contributed by atoms with van der Waals surface area (Å²) in [6.45, 7) is 4.69. The van der Waals surface area contributed by atoms with Crippen LogP contribution in [0, 0.1) is 5.92 Å². The van der Waals surface area contributed by atoms with E-state index >= 15 is 0 Å². The van der Waals surface area contributed by atoms with Gasteiger partial charge in [0.1, 0.15) is 11.3 Å². The molecule has 0 spiro atoms. The van der Waals surface area contributed by atoms with Crippen molar-refractivity contribution < 1.29 is 9.53 Å². The third kappa shape index (κ3) is 4.19. The van der Waals surface area contributed by atoms with Crippen LogP contribution in [0.3, 0.4) is 0 Å². The van der Waals surface area contributed by atoms with Crippen molar-refractivity contribution in [3.8, 4) is 0 Å². The van der Waals surface area contributed by atoms with E-state index in [1.54, 1.807) is 0 Å². The molecule has 5 aliphatic heterocycles. The number of carbonyl (C=O) groups excluding carboxylic acids is 1. The summed E-state index contributed by atoms with van der Waals surface area (Å²) in [4.78, 5) is 39.6. The number of ether oxygens (including phenoxy) is 1. The number of amides is 1. The summed E-state index contributed by atoms with van der Waals surface area (Å²) in [5.74, 6) is 3.03. The third-order valence-corrected chi connectivity index (χ3v) is 9.66. The molecule has 0 radical (unpaired) electrons.